The Kier molecular flexibility index (Phi) is 5.86. The summed E-state index contributed by atoms with van der Waals surface area (Å²) in [4.78, 5) is 0. The molecule has 1 heterocycles. The van der Waals surface area contributed by atoms with Gasteiger partial charge in [-0.2, -0.15) is 0 Å². The summed E-state index contributed by atoms with van der Waals surface area (Å²) in [5.41, 5.74) is 4.66. The van der Waals surface area contributed by atoms with Gasteiger partial charge in [-0.15, -0.1) is 0 Å². The van der Waals surface area contributed by atoms with E-state index >= 15 is 0 Å². The molecule has 1 aromatic heterocycles. The second-order valence-electron chi connectivity index (χ2n) is 1.37. The predicted molar refractivity (Wildman–Crippen MR) is 41.5 cm³/mol. The molecule has 0 radical (unpaired) electrons. The van der Waals surface area contributed by atoms with E-state index in [4.69, 9.17) is 0 Å². The fraction of sp³-hybridized carbons (Fsp3) is 0. The van der Waals surface area contributed by atoms with Crippen LogP contribution in [-0.4, -0.2) is 19.7 Å². The summed E-state index contributed by atoms with van der Waals surface area (Å²) in [7, 11) is 0. The van der Waals surface area contributed by atoms with Crippen molar-refractivity contribution in [3.8, 4) is 0 Å². The maximum absolute atomic E-state index is 10.1. The Labute approximate surface area is 84.5 Å². The van der Waals surface area contributed by atoms with Gasteiger partial charge < -0.3 is 30.6 Å². The summed E-state index contributed by atoms with van der Waals surface area (Å²) >= 11 is 4.81. The maximum atomic E-state index is 10.1. The average molecular weight is 288 g/mol. The number of thiocarbonyl (C=S) groups is 1. The third-order valence-corrected chi connectivity index (χ3v) is 1.89. The molecule has 1 rings (SSSR count). The first-order valence-electron chi connectivity index (χ1n) is 2.46. The summed E-state index contributed by atoms with van der Waals surface area (Å²) in [6.07, 6.45) is 1.26. The number of H-pyrrole nitrogens is 1. The standard InChI is InChI=1S/C2H2N3.CH3NS2.Mo.2O/c1-2-4-5-3-1;2-1(3)4;;;/h1H,(H,3,4,5);(H3,2,3,4);;;/q;;+1;;/p-1. The first kappa shape index (κ1) is 11.5. The molecule has 0 atom stereocenters. The van der Waals surface area contributed by atoms with Gasteiger partial charge in [-0.1, -0.05) is 4.32 Å². The summed E-state index contributed by atoms with van der Waals surface area (Å²) in [6, 6.07) is 0. The Morgan fingerprint density at radius 2 is 2.25 bits per heavy atom. The number of nitrogens with two attached hydrogens (primary N) is 1. The molecule has 0 saturated heterocycles. The molecule has 0 amide bonds. The number of hydrogen-bond acceptors (Lipinski definition) is 6. The Morgan fingerprint density at radius 3 is 2.42 bits per heavy atom. The van der Waals surface area contributed by atoms with E-state index in [2.05, 4.69) is 46.0 Å². The molecule has 12 heavy (non-hydrogen) atoms. The minimum absolute atomic E-state index is 0.0774. The van der Waals surface area contributed by atoms with Crippen molar-refractivity contribution in [2.45, 2.75) is 0 Å². The quantitative estimate of drug-likeness (QED) is 0.369. The number of nitrogens with one attached hydrogen (secondary N) is 1. The molecule has 0 aliphatic rings. The summed E-state index contributed by atoms with van der Waals surface area (Å²) in [6.45, 7) is 0. The van der Waals surface area contributed by atoms with Crippen molar-refractivity contribution in [1.29, 1.82) is 0 Å². The van der Waals surface area contributed by atoms with Gasteiger partial charge in [0, 0.05) is 0 Å². The number of nitrogens with zero attached hydrogens (tertiary/aromatic N) is 2. The van der Waals surface area contributed by atoms with Crippen LogP contribution in [0.3, 0.4) is 0 Å². The zero-order valence-corrected chi connectivity index (χ0v) is 9.23. The number of hydrogen-bond donors (Lipinski definition) is 2. The van der Waals surface area contributed by atoms with Crippen molar-refractivity contribution in [2.75, 3.05) is 0 Å². The first-order valence-corrected chi connectivity index (χ1v) is 5.92. The predicted octanol–water partition coefficient (Wildman–Crippen LogP) is -1.48. The summed E-state index contributed by atoms with van der Waals surface area (Å²) < 4.78 is 20.3. The Balaban J connectivity index is 0.000000261. The van der Waals surface area contributed by atoms with E-state index in [0.29, 0.717) is 0 Å². The van der Waals surface area contributed by atoms with Crippen molar-refractivity contribution in [3.63, 3.8) is 0 Å². The van der Waals surface area contributed by atoms with Crippen molar-refractivity contribution in [2.24, 2.45) is 5.73 Å². The van der Waals surface area contributed by atoms with Gasteiger partial charge in [-0.05, 0) is 0 Å². The zero-order chi connectivity index (χ0) is 9.56. The zero-order valence-electron chi connectivity index (χ0n) is 5.59. The van der Waals surface area contributed by atoms with Crippen LogP contribution < -0.4 is 9.82 Å². The van der Waals surface area contributed by atoms with Crippen LogP contribution in [-0.2, 0) is 36.7 Å². The molecule has 9 heteroatoms. The second-order valence-corrected chi connectivity index (χ2v) is 4.69. The van der Waals surface area contributed by atoms with Gasteiger partial charge >= 0.3 is 49.7 Å². The van der Waals surface area contributed by atoms with Gasteiger partial charge in [0.2, 0.25) is 0 Å². The third kappa shape index (κ3) is 6.26. The molecule has 0 aliphatic carbocycles. The molecule has 66 valence electrons. The van der Waals surface area contributed by atoms with E-state index in [0.717, 1.165) is 0 Å². The van der Waals surface area contributed by atoms with E-state index in [1.807, 2.05) is 0 Å². The minimum atomic E-state index is -3.45. The summed E-state index contributed by atoms with van der Waals surface area (Å²) in [5.74, 6) is 0. The molecule has 0 unspecified atom stereocenters. The molecule has 0 aromatic carbocycles. The van der Waals surface area contributed by atoms with Crippen LogP contribution in [0, 0.1) is 0 Å². The van der Waals surface area contributed by atoms with E-state index in [9.17, 15) is 6.80 Å². The second kappa shape index (κ2) is 6.10. The van der Waals surface area contributed by atoms with Crippen molar-refractivity contribution in [1.82, 2.24) is 15.4 Å². The average Bonchev–Trinajstić information content (AvgIpc) is 2.34. The van der Waals surface area contributed by atoms with Gasteiger partial charge in [-0.3, -0.25) is 0 Å². The molecular weight excluding hydrogens is 284 g/mol. The summed E-state index contributed by atoms with van der Waals surface area (Å²) in [5, 5.41) is 8.76. The van der Waals surface area contributed by atoms with Gasteiger partial charge in [0.25, 0.3) is 0 Å². The van der Waals surface area contributed by atoms with Crippen LogP contribution in [0.2, 0.25) is 0 Å². The number of aromatic amines is 1. The Bertz CT molecular complexity index is 296. The van der Waals surface area contributed by atoms with E-state index in [-0.39, 0.29) is 8.40 Å². The topological polar surface area (TPSA) is 102 Å². The Hall–Kier alpha value is -0.462. The van der Waals surface area contributed by atoms with Crippen molar-refractivity contribution in [3.05, 3.63) is 6.20 Å². The first-order chi connectivity index (χ1) is 5.54. The molecule has 3 N–H and O–H groups in total. The van der Waals surface area contributed by atoms with Crippen LogP contribution in [0.1, 0.15) is 0 Å². The molecule has 1 aromatic rings. The van der Waals surface area contributed by atoms with Gasteiger partial charge in [0.05, 0.1) is 0 Å². The van der Waals surface area contributed by atoms with Crippen LogP contribution in [0.5, 0.6) is 0 Å². The van der Waals surface area contributed by atoms with E-state index in [1.54, 1.807) is 0 Å². The molecule has 6 nitrogen and oxygen atoms in total. The molecule has 0 saturated carbocycles. The molecule has 0 aliphatic heterocycles. The van der Waals surface area contributed by atoms with Crippen LogP contribution in [0.4, 0.5) is 0 Å². The SMILES string of the molecule is NC(=S)[S-].[O]=[Mo+](=[O])[c]1c[nH]nn1. The number of rotatable bonds is 1. The third-order valence-electron chi connectivity index (χ3n) is 0.565. The van der Waals surface area contributed by atoms with E-state index < -0.39 is 17.2 Å². The van der Waals surface area contributed by atoms with Gasteiger partial charge in [0.15, 0.2) is 0 Å². The van der Waals surface area contributed by atoms with Crippen LogP contribution in [0.15, 0.2) is 6.20 Å². The van der Waals surface area contributed by atoms with E-state index in [1.165, 1.54) is 6.20 Å². The van der Waals surface area contributed by atoms with Crippen molar-refractivity contribution < 1.29 is 24.0 Å². The fourth-order valence-electron chi connectivity index (χ4n) is 0.273. The van der Waals surface area contributed by atoms with Crippen LogP contribution >= 0.6 is 12.2 Å². The molecular formula is C3H4MoN4O2S2. The van der Waals surface area contributed by atoms with Crippen LogP contribution in [0.25, 0.3) is 0 Å². The van der Waals surface area contributed by atoms with Gasteiger partial charge in [0.1, 0.15) is 0 Å². The number of aromatic nitrogens is 3. The molecule has 0 spiro atoms. The monoisotopic (exact) mass is 290 g/mol. The van der Waals surface area contributed by atoms with Gasteiger partial charge in [-0.25, -0.2) is 0 Å². The molecule has 0 fully saturated rings. The van der Waals surface area contributed by atoms with Crippen molar-refractivity contribution >= 4 is 33.3 Å². The Morgan fingerprint density at radius 1 is 1.75 bits per heavy atom. The normalized spacial score (nSPS) is 8.00. The molecule has 0 bridgehead atoms. The fourth-order valence-corrected chi connectivity index (χ4v) is 0.903.